The molecule has 0 spiro atoms. The molecular weight excluding hydrogens is 350 g/mol. The van der Waals surface area contributed by atoms with E-state index in [0.29, 0.717) is 20.9 Å². The van der Waals surface area contributed by atoms with Crippen LogP contribution in [0.15, 0.2) is 61.6 Å². The molecule has 7 heteroatoms. The van der Waals surface area contributed by atoms with E-state index in [1.165, 1.54) is 12.3 Å². The number of nitrogens with one attached hydrogen (secondary N) is 1. The SMILES string of the molecule is O=c1[nH]c2ccccc2c(=O)n1/N=C/c1ccc(O)c(Br)c1. The van der Waals surface area contributed by atoms with Crippen LogP contribution in [0.25, 0.3) is 10.9 Å². The van der Waals surface area contributed by atoms with Crippen molar-refractivity contribution >= 4 is 33.0 Å². The Hall–Kier alpha value is -2.67. The summed E-state index contributed by atoms with van der Waals surface area (Å²) in [7, 11) is 0. The lowest BCUT2D eigenvalue weighted by Gasteiger charge is -2.01. The molecule has 0 atom stereocenters. The molecule has 0 saturated carbocycles. The highest BCUT2D eigenvalue weighted by Gasteiger charge is 2.05. The Kier molecular flexibility index (Phi) is 3.64. The number of aromatic hydroxyl groups is 1. The standard InChI is InChI=1S/C15H10BrN3O3/c16-11-7-9(5-6-13(11)20)8-17-19-14(21)10-3-1-2-4-12(10)18-15(19)22/h1-8,20H,(H,18,22)/b17-8+. The molecule has 0 saturated heterocycles. The van der Waals surface area contributed by atoms with Crippen molar-refractivity contribution in [1.29, 1.82) is 0 Å². The van der Waals surface area contributed by atoms with E-state index >= 15 is 0 Å². The number of halogens is 1. The number of phenols is 1. The summed E-state index contributed by atoms with van der Waals surface area (Å²) in [5, 5.41) is 13.7. The van der Waals surface area contributed by atoms with Crippen molar-refractivity contribution in [3.05, 3.63) is 73.3 Å². The zero-order valence-electron chi connectivity index (χ0n) is 11.2. The van der Waals surface area contributed by atoms with E-state index in [-0.39, 0.29) is 5.75 Å². The smallest absolute Gasteiger partial charge is 0.349 e. The fourth-order valence-corrected chi connectivity index (χ4v) is 2.38. The normalized spacial score (nSPS) is 11.3. The fourth-order valence-electron chi connectivity index (χ4n) is 1.99. The lowest BCUT2D eigenvalue weighted by Crippen LogP contribution is -2.32. The molecule has 0 unspecified atom stereocenters. The number of hydrogen-bond acceptors (Lipinski definition) is 4. The molecule has 6 nitrogen and oxygen atoms in total. The van der Waals surface area contributed by atoms with Crippen molar-refractivity contribution in [2.45, 2.75) is 0 Å². The first-order valence-electron chi connectivity index (χ1n) is 6.33. The molecule has 0 amide bonds. The van der Waals surface area contributed by atoms with Crippen LogP contribution in [-0.2, 0) is 0 Å². The molecule has 1 heterocycles. The summed E-state index contributed by atoms with van der Waals surface area (Å²) in [5.74, 6) is 0.0952. The molecule has 2 aromatic carbocycles. The van der Waals surface area contributed by atoms with E-state index in [2.05, 4.69) is 26.0 Å². The number of aromatic nitrogens is 2. The van der Waals surface area contributed by atoms with E-state index in [1.807, 2.05) is 0 Å². The monoisotopic (exact) mass is 359 g/mol. The Balaban J connectivity index is 2.10. The summed E-state index contributed by atoms with van der Waals surface area (Å²) in [4.78, 5) is 26.8. The van der Waals surface area contributed by atoms with Gasteiger partial charge in [0.15, 0.2) is 0 Å². The van der Waals surface area contributed by atoms with Crippen LogP contribution in [0.5, 0.6) is 5.75 Å². The second-order valence-corrected chi connectivity index (χ2v) is 5.40. The average molecular weight is 360 g/mol. The molecule has 0 fully saturated rings. The minimum atomic E-state index is -0.613. The Morgan fingerprint density at radius 2 is 1.95 bits per heavy atom. The molecular formula is C15H10BrN3O3. The van der Waals surface area contributed by atoms with Gasteiger partial charge in [0.2, 0.25) is 0 Å². The average Bonchev–Trinajstić information content (AvgIpc) is 2.50. The van der Waals surface area contributed by atoms with Gasteiger partial charge in [-0.25, -0.2) is 4.79 Å². The molecule has 0 aliphatic rings. The Bertz CT molecular complexity index is 1000. The number of fused-ring (bicyclic) bond motifs is 1. The third-order valence-electron chi connectivity index (χ3n) is 3.08. The lowest BCUT2D eigenvalue weighted by molar-refractivity contribution is 0.472. The van der Waals surface area contributed by atoms with E-state index in [4.69, 9.17) is 0 Å². The van der Waals surface area contributed by atoms with Gasteiger partial charge in [-0.05, 0) is 51.8 Å². The summed E-state index contributed by atoms with van der Waals surface area (Å²) >= 11 is 3.19. The number of aromatic amines is 1. The maximum Gasteiger partial charge on any atom is 0.349 e. The number of nitrogens with zero attached hydrogens (tertiary/aromatic N) is 2. The number of phenolic OH excluding ortho intramolecular Hbond substituents is 1. The first kappa shape index (κ1) is 14.3. The number of H-pyrrole nitrogens is 1. The summed E-state index contributed by atoms with van der Waals surface area (Å²) in [6.45, 7) is 0. The third kappa shape index (κ3) is 2.58. The highest BCUT2D eigenvalue weighted by molar-refractivity contribution is 9.10. The third-order valence-corrected chi connectivity index (χ3v) is 3.71. The second kappa shape index (κ2) is 5.61. The molecule has 1 aromatic heterocycles. The molecule has 3 aromatic rings. The molecule has 0 bridgehead atoms. The first-order chi connectivity index (χ1) is 10.6. The van der Waals surface area contributed by atoms with Crippen molar-refractivity contribution in [3.63, 3.8) is 0 Å². The van der Waals surface area contributed by atoms with Crippen LogP contribution in [0.3, 0.4) is 0 Å². The summed E-state index contributed by atoms with van der Waals surface area (Å²) in [6.07, 6.45) is 1.37. The van der Waals surface area contributed by atoms with Crippen molar-refractivity contribution < 1.29 is 5.11 Å². The summed E-state index contributed by atoms with van der Waals surface area (Å²) in [6, 6.07) is 11.5. The number of rotatable bonds is 2. The largest absolute Gasteiger partial charge is 0.507 e. The topological polar surface area (TPSA) is 87.5 Å². The van der Waals surface area contributed by atoms with Crippen LogP contribution in [0.2, 0.25) is 0 Å². The van der Waals surface area contributed by atoms with Crippen LogP contribution >= 0.6 is 15.9 Å². The summed E-state index contributed by atoms with van der Waals surface area (Å²) in [5.41, 5.74) is -0.00769. The molecule has 22 heavy (non-hydrogen) atoms. The number of benzene rings is 2. The van der Waals surface area contributed by atoms with E-state index in [0.717, 1.165) is 4.68 Å². The second-order valence-electron chi connectivity index (χ2n) is 4.55. The van der Waals surface area contributed by atoms with Crippen molar-refractivity contribution in [1.82, 2.24) is 9.66 Å². The zero-order valence-corrected chi connectivity index (χ0v) is 12.7. The summed E-state index contributed by atoms with van der Waals surface area (Å²) < 4.78 is 1.26. The van der Waals surface area contributed by atoms with Gasteiger partial charge in [0.05, 0.1) is 21.6 Å². The zero-order chi connectivity index (χ0) is 15.7. The van der Waals surface area contributed by atoms with Crippen LogP contribution in [0.1, 0.15) is 5.56 Å². The maximum atomic E-state index is 12.3. The Morgan fingerprint density at radius 1 is 1.18 bits per heavy atom. The van der Waals surface area contributed by atoms with Gasteiger partial charge in [-0.1, -0.05) is 12.1 Å². The predicted octanol–water partition coefficient (Wildman–Crippen LogP) is 2.04. The Labute approximate surface area is 132 Å². The molecule has 0 aliphatic carbocycles. The highest BCUT2D eigenvalue weighted by atomic mass is 79.9. The van der Waals surface area contributed by atoms with Gasteiger partial charge in [-0.2, -0.15) is 5.10 Å². The van der Waals surface area contributed by atoms with E-state index in [9.17, 15) is 14.7 Å². The van der Waals surface area contributed by atoms with Crippen LogP contribution < -0.4 is 11.2 Å². The lowest BCUT2D eigenvalue weighted by atomic mass is 10.2. The quantitative estimate of drug-likeness (QED) is 0.686. The number of hydrogen-bond donors (Lipinski definition) is 2. The van der Waals surface area contributed by atoms with Crippen molar-refractivity contribution in [3.8, 4) is 5.75 Å². The predicted molar refractivity (Wildman–Crippen MR) is 87.6 cm³/mol. The molecule has 2 N–H and O–H groups in total. The van der Waals surface area contributed by atoms with Gasteiger partial charge in [0.25, 0.3) is 5.56 Å². The van der Waals surface area contributed by atoms with E-state index < -0.39 is 11.2 Å². The van der Waals surface area contributed by atoms with Gasteiger partial charge in [0.1, 0.15) is 5.75 Å². The van der Waals surface area contributed by atoms with Gasteiger partial charge < -0.3 is 10.1 Å². The minimum absolute atomic E-state index is 0.0952. The first-order valence-corrected chi connectivity index (χ1v) is 7.12. The van der Waals surface area contributed by atoms with Crippen molar-refractivity contribution in [2.24, 2.45) is 5.10 Å². The fraction of sp³-hybridized carbons (Fsp3) is 0. The van der Waals surface area contributed by atoms with Crippen LogP contribution in [-0.4, -0.2) is 21.0 Å². The van der Waals surface area contributed by atoms with Gasteiger partial charge in [-0.3, -0.25) is 4.79 Å². The maximum absolute atomic E-state index is 12.3. The van der Waals surface area contributed by atoms with Crippen LogP contribution in [0, 0.1) is 0 Å². The highest BCUT2D eigenvalue weighted by Crippen LogP contribution is 2.23. The van der Waals surface area contributed by atoms with Gasteiger partial charge >= 0.3 is 5.69 Å². The molecule has 3 rings (SSSR count). The van der Waals surface area contributed by atoms with Gasteiger partial charge in [0, 0.05) is 0 Å². The minimum Gasteiger partial charge on any atom is -0.507 e. The molecule has 0 aliphatic heterocycles. The molecule has 110 valence electrons. The number of para-hydroxylation sites is 1. The van der Waals surface area contributed by atoms with Crippen LogP contribution in [0.4, 0.5) is 0 Å². The molecule has 0 radical (unpaired) electrons. The Morgan fingerprint density at radius 3 is 2.73 bits per heavy atom. The van der Waals surface area contributed by atoms with Gasteiger partial charge in [-0.15, -0.1) is 4.68 Å². The van der Waals surface area contributed by atoms with E-state index in [1.54, 1.807) is 36.4 Å². The van der Waals surface area contributed by atoms with Crippen molar-refractivity contribution in [2.75, 3.05) is 0 Å².